The normalized spacial score (nSPS) is 44.1. The van der Waals surface area contributed by atoms with Gasteiger partial charge >= 0.3 is 0 Å². The van der Waals surface area contributed by atoms with Crippen molar-refractivity contribution in [1.82, 2.24) is 4.90 Å². The van der Waals surface area contributed by atoms with Gasteiger partial charge in [-0.15, -0.1) is 0 Å². The number of rotatable bonds is 0. The van der Waals surface area contributed by atoms with Gasteiger partial charge in [-0.2, -0.15) is 0 Å². The third kappa shape index (κ3) is 1.27. The van der Waals surface area contributed by atoms with Crippen molar-refractivity contribution in [3.63, 3.8) is 0 Å². The smallest absolute Gasteiger partial charge is 0.0283 e. The Labute approximate surface area is 67.2 Å². The van der Waals surface area contributed by atoms with Crippen molar-refractivity contribution in [2.75, 3.05) is 13.6 Å². The van der Waals surface area contributed by atoms with Gasteiger partial charge in [-0.3, -0.25) is 0 Å². The second-order valence-electron chi connectivity index (χ2n) is 4.12. The van der Waals surface area contributed by atoms with Crippen molar-refractivity contribution < 1.29 is 0 Å². The molecule has 1 heterocycles. The molecule has 2 unspecified atom stereocenters. The Morgan fingerprint density at radius 1 is 1.60 bits per heavy atom. The van der Waals surface area contributed by atoms with E-state index in [9.17, 15) is 0 Å². The highest BCUT2D eigenvalue weighted by Gasteiger charge is 2.32. The van der Waals surface area contributed by atoms with Crippen molar-refractivity contribution >= 4 is 10.2 Å². The van der Waals surface area contributed by atoms with E-state index in [-0.39, 0.29) is 0 Å². The molecule has 1 aliphatic rings. The van der Waals surface area contributed by atoms with Crippen LogP contribution >= 0.6 is 0 Å². The molecule has 0 radical (unpaired) electrons. The van der Waals surface area contributed by atoms with Crippen LogP contribution in [0.25, 0.3) is 0 Å². The summed E-state index contributed by atoms with van der Waals surface area (Å²) in [5.74, 6) is 0.915. The maximum atomic E-state index is 2.54. The lowest BCUT2D eigenvalue weighted by molar-refractivity contribution is 0.109. The molecule has 2 atom stereocenters. The summed E-state index contributed by atoms with van der Waals surface area (Å²) in [6.45, 7) is 6.11. The number of nitrogens with zero attached hydrogens (tertiary/aromatic N) is 1. The van der Waals surface area contributed by atoms with Gasteiger partial charge in [-0.25, -0.2) is 0 Å². The Bertz CT molecular complexity index is 110. The molecule has 2 heteroatoms. The Morgan fingerprint density at radius 2 is 2.20 bits per heavy atom. The third-order valence-corrected chi connectivity index (χ3v) is 5.07. The molecule has 0 aliphatic carbocycles. The summed E-state index contributed by atoms with van der Waals surface area (Å²) in [6, 6.07) is 0. The van der Waals surface area contributed by atoms with Crippen molar-refractivity contribution in [3.05, 3.63) is 0 Å². The topological polar surface area (TPSA) is 3.24 Å². The van der Waals surface area contributed by atoms with Crippen LogP contribution in [0, 0.1) is 5.92 Å². The SMILES string of the molecule is CC1CCCN(C)C1(C)[SiH3]. The van der Waals surface area contributed by atoms with E-state index in [2.05, 4.69) is 25.8 Å². The molecule has 0 aromatic heterocycles. The summed E-state index contributed by atoms with van der Waals surface area (Å²) in [5, 5.41) is 0.568. The average molecular weight is 157 g/mol. The van der Waals surface area contributed by atoms with E-state index >= 15 is 0 Å². The molecular weight excluding hydrogens is 138 g/mol. The lowest BCUT2D eigenvalue weighted by Crippen LogP contribution is -2.52. The highest BCUT2D eigenvalue weighted by Crippen LogP contribution is 2.28. The van der Waals surface area contributed by atoms with Gasteiger partial charge < -0.3 is 4.90 Å². The molecule has 0 aromatic rings. The molecule has 0 saturated carbocycles. The second kappa shape index (κ2) is 2.66. The summed E-state index contributed by atoms with van der Waals surface area (Å²) < 4.78 is 0. The fourth-order valence-electron chi connectivity index (χ4n) is 1.65. The molecule has 0 amide bonds. The van der Waals surface area contributed by atoms with Gasteiger partial charge in [0.15, 0.2) is 0 Å². The Kier molecular flexibility index (Phi) is 2.20. The molecule has 60 valence electrons. The zero-order chi connectivity index (χ0) is 7.78. The summed E-state index contributed by atoms with van der Waals surface area (Å²) in [4.78, 5) is 2.54. The standard InChI is InChI=1S/C8H19NSi/c1-7-5-4-6-9(3)8(7,2)10/h7H,4-6H2,1-3,10H3. The molecule has 1 rings (SSSR count). The Balaban J connectivity index is 2.63. The average Bonchev–Trinajstić information content (AvgIpc) is 1.84. The lowest BCUT2D eigenvalue weighted by Gasteiger charge is -2.45. The van der Waals surface area contributed by atoms with Gasteiger partial charge in [0.1, 0.15) is 0 Å². The van der Waals surface area contributed by atoms with Crippen LogP contribution in [-0.2, 0) is 0 Å². The number of hydrogen-bond donors (Lipinski definition) is 0. The van der Waals surface area contributed by atoms with E-state index < -0.39 is 0 Å². The van der Waals surface area contributed by atoms with E-state index in [1.54, 1.807) is 0 Å². The third-order valence-electron chi connectivity index (χ3n) is 3.32. The van der Waals surface area contributed by atoms with Crippen LogP contribution in [-0.4, -0.2) is 33.9 Å². The maximum Gasteiger partial charge on any atom is 0.0283 e. The molecule has 0 N–H and O–H groups in total. The van der Waals surface area contributed by atoms with Crippen LogP contribution < -0.4 is 0 Å². The van der Waals surface area contributed by atoms with E-state index in [1.165, 1.54) is 29.6 Å². The quantitative estimate of drug-likeness (QED) is 0.461. The predicted molar refractivity (Wildman–Crippen MR) is 49.4 cm³/mol. The van der Waals surface area contributed by atoms with E-state index in [1.807, 2.05) is 0 Å². The predicted octanol–water partition coefficient (Wildman–Crippen LogP) is 0.430. The molecule has 1 aliphatic heterocycles. The van der Waals surface area contributed by atoms with Gasteiger partial charge in [0.2, 0.25) is 0 Å². The molecule has 0 bridgehead atoms. The van der Waals surface area contributed by atoms with Crippen LogP contribution in [0.5, 0.6) is 0 Å². The van der Waals surface area contributed by atoms with E-state index in [4.69, 9.17) is 0 Å². The van der Waals surface area contributed by atoms with E-state index in [0.717, 1.165) is 5.92 Å². The molecule has 0 aromatic carbocycles. The molecule has 1 fully saturated rings. The van der Waals surface area contributed by atoms with Crippen LogP contribution in [0.1, 0.15) is 26.7 Å². The van der Waals surface area contributed by atoms with Crippen LogP contribution in [0.2, 0.25) is 0 Å². The largest absolute Gasteiger partial charge is 0.304 e. The first kappa shape index (κ1) is 8.28. The van der Waals surface area contributed by atoms with E-state index in [0.29, 0.717) is 5.16 Å². The Hall–Kier alpha value is 0.177. The van der Waals surface area contributed by atoms with Crippen molar-refractivity contribution in [1.29, 1.82) is 0 Å². The van der Waals surface area contributed by atoms with Gasteiger partial charge in [-0.05, 0) is 32.4 Å². The minimum Gasteiger partial charge on any atom is -0.304 e. The summed E-state index contributed by atoms with van der Waals surface area (Å²) >= 11 is 0. The molecular formula is C8H19NSi. The van der Waals surface area contributed by atoms with Gasteiger partial charge in [0, 0.05) is 15.4 Å². The number of piperidine rings is 1. The summed E-state index contributed by atoms with van der Waals surface area (Å²) in [7, 11) is 3.57. The first-order chi connectivity index (χ1) is 4.55. The zero-order valence-corrected chi connectivity index (χ0v) is 9.65. The number of hydrogen-bond acceptors (Lipinski definition) is 1. The monoisotopic (exact) mass is 157 g/mol. The molecule has 10 heavy (non-hydrogen) atoms. The van der Waals surface area contributed by atoms with Crippen LogP contribution in [0.4, 0.5) is 0 Å². The van der Waals surface area contributed by atoms with Crippen molar-refractivity contribution in [2.45, 2.75) is 31.9 Å². The van der Waals surface area contributed by atoms with Gasteiger partial charge in [0.25, 0.3) is 0 Å². The summed E-state index contributed by atoms with van der Waals surface area (Å²) in [5.41, 5.74) is 0. The zero-order valence-electron chi connectivity index (χ0n) is 7.65. The first-order valence-electron chi connectivity index (χ1n) is 4.26. The van der Waals surface area contributed by atoms with Crippen molar-refractivity contribution in [3.8, 4) is 0 Å². The highest BCUT2D eigenvalue weighted by atomic mass is 28.1. The maximum absolute atomic E-state index is 2.54. The highest BCUT2D eigenvalue weighted by molar-refractivity contribution is 6.15. The van der Waals surface area contributed by atoms with Crippen LogP contribution in [0.15, 0.2) is 0 Å². The fraction of sp³-hybridized carbons (Fsp3) is 1.00. The second-order valence-corrected chi connectivity index (χ2v) is 6.14. The van der Waals surface area contributed by atoms with Crippen LogP contribution in [0.3, 0.4) is 0 Å². The van der Waals surface area contributed by atoms with Gasteiger partial charge in [0.05, 0.1) is 0 Å². The first-order valence-corrected chi connectivity index (χ1v) is 5.26. The fourth-order valence-corrected chi connectivity index (χ4v) is 2.16. The Morgan fingerprint density at radius 3 is 2.60 bits per heavy atom. The lowest BCUT2D eigenvalue weighted by atomic mass is 9.92. The molecule has 1 nitrogen and oxygen atoms in total. The molecule has 0 spiro atoms. The minimum atomic E-state index is 0.568. The summed E-state index contributed by atoms with van der Waals surface area (Å²) in [6.07, 6.45) is 2.83. The number of likely N-dealkylation sites (tertiary alicyclic amines) is 1. The molecule has 1 saturated heterocycles. The minimum absolute atomic E-state index is 0.568. The van der Waals surface area contributed by atoms with Crippen molar-refractivity contribution in [2.24, 2.45) is 5.92 Å². The van der Waals surface area contributed by atoms with Gasteiger partial charge in [-0.1, -0.05) is 13.8 Å².